The Morgan fingerprint density at radius 3 is 2.51 bits per heavy atom. The van der Waals surface area contributed by atoms with Gasteiger partial charge < -0.3 is 14.6 Å². The summed E-state index contributed by atoms with van der Waals surface area (Å²) >= 11 is 0. The topological polar surface area (TPSA) is 63.6 Å². The van der Waals surface area contributed by atoms with Crippen molar-refractivity contribution in [2.45, 2.75) is 70.0 Å². The minimum Gasteiger partial charge on any atom is -0.497 e. The molecule has 6 nitrogen and oxygen atoms in total. The van der Waals surface area contributed by atoms with E-state index in [9.17, 15) is 14.0 Å². The van der Waals surface area contributed by atoms with Gasteiger partial charge in [0, 0.05) is 23.2 Å². The smallest absolute Gasteiger partial charge is 0.275 e. The number of aromatic nitrogens is 1. The first-order chi connectivity index (χ1) is 16.9. The highest BCUT2D eigenvalue weighted by molar-refractivity contribution is 6.14. The summed E-state index contributed by atoms with van der Waals surface area (Å²) in [6.45, 7) is 2.03. The van der Waals surface area contributed by atoms with Gasteiger partial charge in [-0.2, -0.15) is 0 Å². The maximum Gasteiger partial charge on any atom is 0.275 e. The number of ether oxygens (including phenoxy) is 1. The molecule has 7 heteroatoms. The zero-order valence-corrected chi connectivity index (χ0v) is 20.4. The van der Waals surface area contributed by atoms with Crippen molar-refractivity contribution < 1.29 is 18.7 Å². The number of carbonyl (C=O) groups excluding carboxylic acids is 2. The fraction of sp³-hybridized carbons (Fsp3) is 0.429. The maximum absolute atomic E-state index is 14.2. The van der Waals surface area contributed by atoms with Gasteiger partial charge in [0.05, 0.1) is 19.2 Å². The van der Waals surface area contributed by atoms with E-state index >= 15 is 0 Å². The number of rotatable bonds is 4. The van der Waals surface area contributed by atoms with Gasteiger partial charge in [-0.05, 0) is 56.2 Å². The van der Waals surface area contributed by atoms with Gasteiger partial charge in [-0.15, -0.1) is 0 Å². The van der Waals surface area contributed by atoms with Crippen LogP contribution in [0.4, 0.5) is 10.1 Å². The number of amides is 2. The molecule has 1 N–H and O–H groups in total. The third-order valence-electron chi connectivity index (χ3n) is 7.49. The Morgan fingerprint density at radius 1 is 1.06 bits per heavy atom. The Kier molecular flexibility index (Phi) is 6.26. The first-order valence-corrected chi connectivity index (χ1v) is 12.5. The molecule has 0 saturated heterocycles. The molecule has 2 amide bonds. The number of benzene rings is 2. The van der Waals surface area contributed by atoms with Crippen LogP contribution in [0.1, 0.15) is 62.4 Å². The zero-order valence-electron chi connectivity index (χ0n) is 20.4. The fourth-order valence-electron chi connectivity index (χ4n) is 5.56. The number of nitrogens with one attached hydrogen (secondary N) is 1. The molecule has 5 rings (SSSR count). The molecule has 184 valence electrons. The number of hydrogen-bond donors (Lipinski definition) is 1. The molecule has 1 fully saturated rings. The van der Waals surface area contributed by atoms with Gasteiger partial charge in [0.15, 0.2) is 0 Å². The first-order valence-electron chi connectivity index (χ1n) is 12.5. The summed E-state index contributed by atoms with van der Waals surface area (Å²) in [5.74, 6) is -0.309. The van der Waals surface area contributed by atoms with E-state index in [0.717, 1.165) is 36.6 Å². The summed E-state index contributed by atoms with van der Waals surface area (Å²) in [4.78, 5) is 29.4. The van der Waals surface area contributed by atoms with Crippen molar-refractivity contribution in [3.8, 4) is 5.75 Å². The van der Waals surface area contributed by atoms with Gasteiger partial charge in [0.1, 0.15) is 22.8 Å². The van der Waals surface area contributed by atoms with Crippen LogP contribution in [0.15, 0.2) is 48.5 Å². The standard InChI is InChI=1S/C28H32FN3O3/c1-28(27(34)30-21-10-6-4-3-5-7-11-21)18-31-24-17-23(35-2)14-13-19(24)15-25(31)26(33)32(28)22-12-8-9-20(29)16-22/h8-9,12-17,21H,3-7,10-11,18H2,1-2H3,(H,30,34). The Morgan fingerprint density at radius 2 is 1.80 bits per heavy atom. The fourth-order valence-corrected chi connectivity index (χ4v) is 5.56. The zero-order chi connectivity index (χ0) is 24.6. The number of methoxy groups -OCH3 is 1. The lowest BCUT2D eigenvalue weighted by Gasteiger charge is -2.44. The van der Waals surface area contributed by atoms with Crippen LogP contribution in [0.25, 0.3) is 10.9 Å². The molecule has 1 aliphatic heterocycles. The van der Waals surface area contributed by atoms with Crippen LogP contribution in [0, 0.1) is 5.82 Å². The molecule has 1 aromatic heterocycles. The van der Waals surface area contributed by atoms with Crippen LogP contribution >= 0.6 is 0 Å². The van der Waals surface area contributed by atoms with E-state index in [2.05, 4.69) is 5.32 Å². The van der Waals surface area contributed by atoms with E-state index in [4.69, 9.17) is 4.74 Å². The van der Waals surface area contributed by atoms with E-state index in [0.29, 0.717) is 17.1 Å². The number of halogens is 1. The molecule has 2 aromatic carbocycles. The predicted octanol–water partition coefficient (Wildman–Crippen LogP) is 5.44. The average molecular weight is 478 g/mol. The largest absolute Gasteiger partial charge is 0.497 e. The van der Waals surface area contributed by atoms with Gasteiger partial charge in [-0.3, -0.25) is 14.5 Å². The van der Waals surface area contributed by atoms with Gasteiger partial charge in [0.25, 0.3) is 5.91 Å². The number of hydrogen-bond acceptors (Lipinski definition) is 3. The van der Waals surface area contributed by atoms with Gasteiger partial charge in [0.2, 0.25) is 5.91 Å². The van der Waals surface area contributed by atoms with Crippen molar-refractivity contribution in [3.63, 3.8) is 0 Å². The Bertz CT molecular complexity index is 1260. The average Bonchev–Trinajstić information content (AvgIpc) is 3.18. The summed E-state index contributed by atoms with van der Waals surface area (Å²) in [5.41, 5.74) is 0.430. The number of nitrogens with zero attached hydrogens (tertiary/aromatic N) is 2. The highest BCUT2D eigenvalue weighted by Crippen LogP contribution is 2.37. The van der Waals surface area contributed by atoms with Crippen LogP contribution in [0.3, 0.4) is 0 Å². The molecule has 1 unspecified atom stereocenters. The molecule has 2 heterocycles. The third kappa shape index (κ3) is 4.28. The van der Waals surface area contributed by atoms with Gasteiger partial charge in [-0.1, -0.05) is 38.2 Å². The summed E-state index contributed by atoms with van der Waals surface area (Å²) in [7, 11) is 1.60. The van der Waals surface area contributed by atoms with E-state index in [-0.39, 0.29) is 24.4 Å². The monoisotopic (exact) mass is 477 g/mol. The van der Waals surface area contributed by atoms with E-state index < -0.39 is 11.4 Å². The van der Waals surface area contributed by atoms with Crippen molar-refractivity contribution in [3.05, 3.63) is 60.0 Å². The van der Waals surface area contributed by atoms with E-state index in [1.54, 1.807) is 26.2 Å². The number of fused-ring (bicyclic) bond motifs is 3. The van der Waals surface area contributed by atoms with Crippen LogP contribution < -0.4 is 15.0 Å². The van der Waals surface area contributed by atoms with Crippen molar-refractivity contribution in [1.82, 2.24) is 9.88 Å². The molecule has 0 radical (unpaired) electrons. The molecule has 0 spiro atoms. The molecule has 1 aliphatic carbocycles. The number of anilines is 1. The minimum atomic E-state index is -1.24. The molecular formula is C28H32FN3O3. The highest BCUT2D eigenvalue weighted by Gasteiger charge is 2.49. The summed E-state index contributed by atoms with van der Waals surface area (Å²) in [6.07, 6.45) is 7.64. The molecular weight excluding hydrogens is 445 g/mol. The summed E-state index contributed by atoms with van der Waals surface area (Å²) < 4.78 is 21.5. The summed E-state index contributed by atoms with van der Waals surface area (Å²) in [6, 6.07) is 13.5. The third-order valence-corrected chi connectivity index (χ3v) is 7.49. The van der Waals surface area contributed by atoms with Crippen LogP contribution in [0.2, 0.25) is 0 Å². The highest BCUT2D eigenvalue weighted by atomic mass is 19.1. The van der Waals surface area contributed by atoms with E-state index in [1.165, 1.54) is 36.3 Å². The predicted molar refractivity (Wildman–Crippen MR) is 134 cm³/mol. The van der Waals surface area contributed by atoms with Crippen LogP contribution in [-0.4, -0.2) is 35.1 Å². The Hall–Kier alpha value is -3.35. The first kappa shape index (κ1) is 23.4. The molecule has 3 aromatic rings. The second-order valence-corrected chi connectivity index (χ2v) is 9.95. The van der Waals surface area contributed by atoms with Crippen molar-refractivity contribution in [1.29, 1.82) is 0 Å². The molecule has 35 heavy (non-hydrogen) atoms. The van der Waals surface area contributed by atoms with E-state index in [1.807, 2.05) is 28.8 Å². The quantitative estimate of drug-likeness (QED) is 0.545. The van der Waals surface area contributed by atoms with Crippen LogP contribution in [-0.2, 0) is 11.3 Å². The normalized spacial score (nSPS) is 21.3. The molecule has 1 atom stereocenters. The SMILES string of the molecule is COc1ccc2cc3n(c2c1)CC(C)(C(=O)NC1CCCCCCC1)N(c1cccc(F)c1)C3=O. The molecule has 0 bridgehead atoms. The number of carbonyl (C=O) groups is 2. The maximum atomic E-state index is 14.2. The second-order valence-electron chi connectivity index (χ2n) is 9.95. The second kappa shape index (κ2) is 9.36. The Balaban J connectivity index is 1.59. The summed E-state index contributed by atoms with van der Waals surface area (Å²) in [5, 5.41) is 4.15. The molecule has 1 saturated carbocycles. The van der Waals surface area contributed by atoms with Crippen LogP contribution in [0.5, 0.6) is 5.75 Å². The lowest BCUT2D eigenvalue weighted by Crippen LogP contribution is -2.65. The molecule has 2 aliphatic rings. The van der Waals surface area contributed by atoms with Crippen molar-refractivity contribution in [2.24, 2.45) is 0 Å². The lowest BCUT2D eigenvalue weighted by molar-refractivity contribution is -0.127. The lowest BCUT2D eigenvalue weighted by atomic mass is 9.91. The van der Waals surface area contributed by atoms with Crippen molar-refractivity contribution >= 4 is 28.4 Å². The van der Waals surface area contributed by atoms with Gasteiger partial charge in [-0.25, -0.2) is 4.39 Å². The van der Waals surface area contributed by atoms with Gasteiger partial charge >= 0.3 is 0 Å². The Labute approximate surface area is 205 Å². The minimum absolute atomic E-state index is 0.0759. The van der Waals surface area contributed by atoms with Crippen molar-refractivity contribution in [2.75, 3.05) is 12.0 Å².